The minimum Gasteiger partial charge on any atom is -0.451 e. The van der Waals surface area contributed by atoms with E-state index in [1.54, 1.807) is 0 Å². The second-order valence-corrected chi connectivity index (χ2v) is 5.83. The van der Waals surface area contributed by atoms with Crippen molar-refractivity contribution in [3.05, 3.63) is 29.3 Å². The SMILES string of the molecule is CC(=O)N[C@H](C)C(=O)O[C@@H](C)C(=O)Nc1ccc2c(c1)CCC2. The summed E-state index contributed by atoms with van der Waals surface area (Å²) in [6, 6.07) is 5.06. The molecule has 0 saturated carbocycles. The molecule has 2 rings (SSSR count). The summed E-state index contributed by atoms with van der Waals surface area (Å²) in [6.07, 6.45) is 2.31. The van der Waals surface area contributed by atoms with Crippen LogP contribution >= 0.6 is 0 Å². The van der Waals surface area contributed by atoms with Crippen LogP contribution in [0.4, 0.5) is 5.69 Å². The third kappa shape index (κ3) is 4.55. The molecule has 0 aromatic heterocycles. The third-order valence-electron chi connectivity index (χ3n) is 3.80. The van der Waals surface area contributed by atoms with E-state index in [0.29, 0.717) is 5.69 Å². The van der Waals surface area contributed by atoms with E-state index in [4.69, 9.17) is 4.74 Å². The van der Waals surface area contributed by atoms with Crippen molar-refractivity contribution >= 4 is 23.5 Å². The molecule has 2 atom stereocenters. The van der Waals surface area contributed by atoms with Gasteiger partial charge in [-0.05, 0) is 56.4 Å². The molecular formula is C17H22N2O4. The number of amides is 2. The number of rotatable bonds is 5. The Bertz CT molecular complexity index is 627. The van der Waals surface area contributed by atoms with Gasteiger partial charge in [-0.2, -0.15) is 0 Å². The molecule has 1 aromatic rings. The molecule has 0 saturated heterocycles. The summed E-state index contributed by atoms with van der Waals surface area (Å²) in [5, 5.41) is 5.17. The molecule has 0 spiro atoms. The molecule has 2 amide bonds. The average Bonchev–Trinajstić information content (AvgIpc) is 2.93. The number of ether oxygens (including phenoxy) is 1. The monoisotopic (exact) mass is 318 g/mol. The van der Waals surface area contributed by atoms with Gasteiger partial charge in [0, 0.05) is 12.6 Å². The van der Waals surface area contributed by atoms with Crippen molar-refractivity contribution in [1.82, 2.24) is 5.32 Å². The zero-order valence-corrected chi connectivity index (χ0v) is 13.6. The largest absolute Gasteiger partial charge is 0.451 e. The molecule has 0 heterocycles. The van der Waals surface area contributed by atoms with Crippen LogP contribution in [0.2, 0.25) is 0 Å². The summed E-state index contributed by atoms with van der Waals surface area (Å²) >= 11 is 0. The molecule has 0 radical (unpaired) electrons. The smallest absolute Gasteiger partial charge is 0.329 e. The molecule has 1 aromatic carbocycles. The maximum Gasteiger partial charge on any atom is 0.329 e. The fraction of sp³-hybridized carbons (Fsp3) is 0.471. The first kappa shape index (κ1) is 17.0. The van der Waals surface area contributed by atoms with Crippen LogP contribution in [-0.2, 0) is 32.0 Å². The van der Waals surface area contributed by atoms with Crippen LogP contribution in [0, 0.1) is 0 Å². The lowest BCUT2D eigenvalue weighted by atomic mass is 10.1. The van der Waals surface area contributed by atoms with E-state index < -0.39 is 24.0 Å². The molecule has 0 bridgehead atoms. The van der Waals surface area contributed by atoms with Gasteiger partial charge in [-0.1, -0.05) is 6.07 Å². The Kier molecular flexibility index (Phi) is 5.36. The minimum absolute atomic E-state index is 0.329. The Hall–Kier alpha value is -2.37. The fourth-order valence-electron chi connectivity index (χ4n) is 2.59. The molecule has 2 N–H and O–H groups in total. The number of carbonyl (C=O) groups excluding carboxylic acids is 3. The molecule has 1 aliphatic carbocycles. The maximum absolute atomic E-state index is 12.1. The Morgan fingerprint density at radius 3 is 2.52 bits per heavy atom. The molecule has 6 nitrogen and oxygen atoms in total. The van der Waals surface area contributed by atoms with E-state index in [-0.39, 0.29) is 5.91 Å². The normalized spacial score (nSPS) is 15.3. The van der Waals surface area contributed by atoms with E-state index in [1.807, 2.05) is 18.2 Å². The van der Waals surface area contributed by atoms with Crippen LogP contribution in [0.5, 0.6) is 0 Å². The highest BCUT2D eigenvalue weighted by molar-refractivity contribution is 5.95. The van der Waals surface area contributed by atoms with Gasteiger partial charge >= 0.3 is 5.97 Å². The van der Waals surface area contributed by atoms with Crippen molar-refractivity contribution in [1.29, 1.82) is 0 Å². The number of carbonyl (C=O) groups is 3. The first-order valence-corrected chi connectivity index (χ1v) is 7.77. The summed E-state index contributed by atoms with van der Waals surface area (Å²) < 4.78 is 5.07. The topological polar surface area (TPSA) is 84.5 Å². The van der Waals surface area contributed by atoms with Gasteiger partial charge in [0.15, 0.2) is 6.10 Å². The Balaban J connectivity index is 1.90. The van der Waals surface area contributed by atoms with E-state index in [9.17, 15) is 14.4 Å². The van der Waals surface area contributed by atoms with Crippen LogP contribution in [0.15, 0.2) is 18.2 Å². The molecule has 23 heavy (non-hydrogen) atoms. The molecule has 6 heteroatoms. The third-order valence-corrected chi connectivity index (χ3v) is 3.80. The van der Waals surface area contributed by atoms with E-state index >= 15 is 0 Å². The summed E-state index contributed by atoms with van der Waals surface area (Å²) in [4.78, 5) is 34.8. The number of fused-ring (bicyclic) bond motifs is 1. The summed E-state index contributed by atoms with van der Waals surface area (Å²) in [7, 11) is 0. The Morgan fingerprint density at radius 2 is 1.83 bits per heavy atom. The zero-order valence-electron chi connectivity index (χ0n) is 13.6. The highest BCUT2D eigenvalue weighted by Gasteiger charge is 2.22. The number of aryl methyl sites for hydroxylation is 2. The molecule has 0 unspecified atom stereocenters. The number of nitrogens with one attached hydrogen (secondary N) is 2. The second kappa shape index (κ2) is 7.26. The number of esters is 1. The van der Waals surface area contributed by atoms with Crippen LogP contribution in [-0.4, -0.2) is 29.9 Å². The lowest BCUT2D eigenvalue weighted by Crippen LogP contribution is -2.41. The van der Waals surface area contributed by atoms with Gasteiger partial charge in [0.25, 0.3) is 5.91 Å². The highest BCUT2D eigenvalue weighted by Crippen LogP contribution is 2.24. The molecule has 1 aliphatic rings. The molecule has 0 fully saturated rings. The average molecular weight is 318 g/mol. The molecular weight excluding hydrogens is 296 g/mol. The van der Waals surface area contributed by atoms with Crippen molar-refractivity contribution in [3.63, 3.8) is 0 Å². The van der Waals surface area contributed by atoms with Crippen LogP contribution in [0.3, 0.4) is 0 Å². The van der Waals surface area contributed by atoms with E-state index in [0.717, 1.165) is 19.3 Å². The van der Waals surface area contributed by atoms with Crippen molar-refractivity contribution in [2.45, 2.75) is 52.2 Å². The lowest BCUT2D eigenvalue weighted by molar-refractivity contribution is -0.155. The first-order chi connectivity index (χ1) is 10.9. The van der Waals surface area contributed by atoms with Gasteiger partial charge in [0.1, 0.15) is 6.04 Å². The Morgan fingerprint density at radius 1 is 1.13 bits per heavy atom. The summed E-state index contributed by atoms with van der Waals surface area (Å²) in [5.74, 6) is -1.37. The fourth-order valence-corrected chi connectivity index (χ4v) is 2.59. The van der Waals surface area contributed by atoms with Crippen molar-refractivity contribution in [3.8, 4) is 0 Å². The van der Waals surface area contributed by atoms with Crippen molar-refractivity contribution in [2.24, 2.45) is 0 Å². The van der Waals surface area contributed by atoms with E-state index in [2.05, 4.69) is 10.6 Å². The van der Waals surface area contributed by atoms with Crippen LogP contribution < -0.4 is 10.6 Å². The van der Waals surface area contributed by atoms with Gasteiger partial charge in [-0.15, -0.1) is 0 Å². The van der Waals surface area contributed by atoms with Crippen LogP contribution in [0.1, 0.15) is 38.3 Å². The van der Waals surface area contributed by atoms with Gasteiger partial charge in [-0.25, -0.2) is 4.79 Å². The Labute approximate surface area is 135 Å². The second-order valence-electron chi connectivity index (χ2n) is 5.83. The number of hydrogen-bond acceptors (Lipinski definition) is 4. The number of anilines is 1. The van der Waals surface area contributed by atoms with Gasteiger partial charge in [0.2, 0.25) is 5.91 Å². The number of benzene rings is 1. The summed E-state index contributed by atoms with van der Waals surface area (Å²) in [5.41, 5.74) is 3.28. The lowest BCUT2D eigenvalue weighted by Gasteiger charge is -2.17. The van der Waals surface area contributed by atoms with Gasteiger partial charge < -0.3 is 15.4 Å². The standard InChI is InChI=1S/C17H22N2O4/c1-10(18-12(3)20)17(22)23-11(2)16(21)19-15-8-7-13-5-4-6-14(13)9-15/h7-11H,4-6H2,1-3H3,(H,18,20)(H,19,21)/t10-,11+/m1/s1. The van der Waals surface area contributed by atoms with Crippen molar-refractivity contribution < 1.29 is 19.1 Å². The van der Waals surface area contributed by atoms with E-state index in [1.165, 1.54) is 31.9 Å². The first-order valence-electron chi connectivity index (χ1n) is 7.77. The predicted octanol–water partition coefficient (Wildman–Crippen LogP) is 1.57. The summed E-state index contributed by atoms with van der Waals surface area (Å²) in [6.45, 7) is 4.32. The maximum atomic E-state index is 12.1. The predicted molar refractivity (Wildman–Crippen MR) is 85.9 cm³/mol. The van der Waals surface area contributed by atoms with Gasteiger partial charge in [0.05, 0.1) is 0 Å². The minimum atomic E-state index is -0.938. The van der Waals surface area contributed by atoms with Crippen molar-refractivity contribution in [2.75, 3.05) is 5.32 Å². The highest BCUT2D eigenvalue weighted by atomic mass is 16.5. The van der Waals surface area contributed by atoms with Gasteiger partial charge in [-0.3, -0.25) is 9.59 Å². The molecule has 124 valence electrons. The van der Waals surface area contributed by atoms with Crippen LogP contribution in [0.25, 0.3) is 0 Å². The quantitative estimate of drug-likeness (QED) is 0.807. The molecule has 0 aliphatic heterocycles. The zero-order chi connectivity index (χ0) is 17.0. The number of hydrogen-bond donors (Lipinski definition) is 2.